The fourth-order valence-corrected chi connectivity index (χ4v) is 2.64. The number of hydrogen-bond acceptors (Lipinski definition) is 1. The van der Waals surface area contributed by atoms with Crippen LogP contribution in [0.3, 0.4) is 0 Å². The van der Waals surface area contributed by atoms with Gasteiger partial charge in [0.1, 0.15) is 6.17 Å². The van der Waals surface area contributed by atoms with Crippen molar-refractivity contribution >= 4 is 0 Å². The number of alkyl halides is 1. The third-order valence-corrected chi connectivity index (χ3v) is 3.20. The van der Waals surface area contributed by atoms with Gasteiger partial charge in [-0.1, -0.05) is 6.42 Å². The van der Waals surface area contributed by atoms with Gasteiger partial charge in [0.2, 0.25) is 0 Å². The van der Waals surface area contributed by atoms with E-state index in [1.54, 1.807) is 0 Å². The van der Waals surface area contributed by atoms with Crippen LogP contribution < -0.4 is 0 Å². The predicted molar refractivity (Wildman–Crippen MR) is 41.0 cm³/mol. The quantitative estimate of drug-likeness (QED) is 0.571. The average Bonchev–Trinajstić information content (AvgIpc) is 1.92. The minimum atomic E-state index is -0.604. The number of aliphatic hydroxyl groups is 1. The number of rotatable bonds is 0. The molecule has 64 valence electrons. The highest BCUT2D eigenvalue weighted by atomic mass is 19.1. The third kappa shape index (κ3) is 1.28. The Morgan fingerprint density at radius 2 is 1.64 bits per heavy atom. The van der Waals surface area contributed by atoms with Crippen LogP contribution in [0, 0.1) is 11.8 Å². The van der Waals surface area contributed by atoms with Crippen molar-refractivity contribution < 1.29 is 9.50 Å². The summed E-state index contributed by atoms with van der Waals surface area (Å²) < 4.78 is 13.4. The molecule has 0 aromatic heterocycles. The van der Waals surface area contributed by atoms with Crippen molar-refractivity contribution in [1.82, 2.24) is 0 Å². The van der Waals surface area contributed by atoms with E-state index in [1.807, 2.05) is 0 Å². The predicted octanol–water partition coefficient (Wildman–Crippen LogP) is 1.90. The van der Waals surface area contributed by atoms with Crippen LogP contribution in [0.1, 0.15) is 32.1 Å². The smallest absolute Gasteiger partial charge is 0.106 e. The fourth-order valence-electron chi connectivity index (χ4n) is 2.64. The van der Waals surface area contributed by atoms with Crippen molar-refractivity contribution in [2.45, 2.75) is 44.4 Å². The summed E-state index contributed by atoms with van der Waals surface area (Å²) in [7, 11) is 0. The van der Waals surface area contributed by atoms with Gasteiger partial charge < -0.3 is 5.11 Å². The molecule has 2 atom stereocenters. The molecule has 1 N–H and O–H groups in total. The molecule has 2 saturated carbocycles. The van der Waals surface area contributed by atoms with Crippen LogP contribution >= 0.6 is 0 Å². The molecule has 2 bridgehead atoms. The summed E-state index contributed by atoms with van der Waals surface area (Å²) in [6, 6.07) is 0. The number of fused-ring (bicyclic) bond motifs is 2. The molecule has 0 radical (unpaired) electrons. The summed E-state index contributed by atoms with van der Waals surface area (Å²) in [4.78, 5) is 0. The molecule has 0 aromatic rings. The molecule has 0 saturated heterocycles. The Bertz CT molecular complexity index is 134. The molecule has 2 unspecified atom stereocenters. The molecule has 0 aliphatic heterocycles. The Balaban J connectivity index is 2.07. The van der Waals surface area contributed by atoms with Crippen LogP contribution in [0.4, 0.5) is 4.39 Å². The van der Waals surface area contributed by atoms with E-state index in [0.717, 1.165) is 12.8 Å². The summed E-state index contributed by atoms with van der Waals surface area (Å²) in [5, 5.41) is 9.37. The van der Waals surface area contributed by atoms with Crippen molar-refractivity contribution in [2.24, 2.45) is 11.8 Å². The lowest BCUT2D eigenvalue weighted by Crippen LogP contribution is -2.39. The summed E-state index contributed by atoms with van der Waals surface area (Å²) >= 11 is 0. The van der Waals surface area contributed by atoms with Crippen LogP contribution in [-0.4, -0.2) is 17.4 Å². The van der Waals surface area contributed by atoms with E-state index >= 15 is 0 Å². The Labute approximate surface area is 66.6 Å². The second kappa shape index (κ2) is 2.74. The van der Waals surface area contributed by atoms with E-state index in [1.165, 1.54) is 6.42 Å². The molecule has 11 heavy (non-hydrogen) atoms. The molecule has 0 spiro atoms. The third-order valence-electron chi connectivity index (χ3n) is 3.20. The Kier molecular flexibility index (Phi) is 1.88. The van der Waals surface area contributed by atoms with E-state index in [0.29, 0.717) is 12.8 Å². The van der Waals surface area contributed by atoms with E-state index in [4.69, 9.17) is 0 Å². The largest absolute Gasteiger partial charge is 0.393 e. The minimum Gasteiger partial charge on any atom is -0.393 e. The first-order valence-corrected chi connectivity index (χ1v) is 4.59. The lowest BCUT2D eigenvalue weighted by atomic mass is 9.70. The molecule has 0 heterocycles. The van der Waals surface area contributed by atoms with E-state index in [9.17, 15) is 9.50 Å². The van der Waals surface area contributed by atoms with Gasteiger partial charge in [-0.3, -0.25) is 0 Å². The molecule has 2 rings (SSSR count). The zero-order valence-electron chi connectivity index (χ0n) is 6.67. The Morgan fingerprint density at radius 1 is 1.09 bits per heavy atom. The molecule has 2 aliphatic carbocycles. The lowest BCUT2D eigenvalue weighted by molar-refractivity contribution is -0.0189. The number of aliphatic hydroxyl groups excluding tert-OH is 1. The van der Waals surface area contributed by atoms with Gasteiger partial charge in [0.25, 0.3) is 0 Å². The zero-order valence-corrected chi connectivity index (χ0v) is 6.67. The van der Waals surface area contributed by atoms with Crippen LogP contribution in [0.2, 0.25) is 0 Å². The molecular formula is C9H15FO. The highest BCUT2D eigenvalue weighted by molar-refractivity contribution is 4.89. The molecule has 0 aromatic carbocycles. The second-order valence-corrected chi connectivity index (χ2v) is 4.02. The van der Waals surface area contributed by atoms with Crippen molar-refractivity contribution in [3.63, 3.8) is 0 Å². The molecular weight excluding hydrogens is 143 g/mol. The van der Waals surface area contributed by atoms with E-state index in [-0.39, 0.29) is 17.9 Å². The molecule has 2 heteroatoms. The lowest BCUT2D eigenvalue weighted by Gasteiger charge is -2.40. The van der Waals surface area contributed by atoms with Crippen molar-refractivity contribution in [3.8, 4) is 0 Å². The van der Waals surface area contributed by atoms with Crippen LogP contribution in [-0.2, 0) is 0 Å². The maximum Gasteiger partial charge on any atom is 0.106 e. The topological polar surface area (TPSA) is 20.2 Å². The van der Waals surface area contributed by atoms with Crippen molar-refractivity contribution in [1.29, 1.82) is 0 Å². The van der Waals surface area contributed by atoms with Crippen molar-refractivity contribution in [3.05, 3.63) is 0 Å². The highest BCUT2D eigenvalue weighted by Crippen LogP contribution is 2.41. The fraction of sp³-hybridized carbons (Fsp3) is 1.00. The highest BCUT2D eigenvalue weighted by Gasteiger charge is 2.39. The number of hydrogen-bond donors (Lipinski definition) is 1. The number of halogens is 1. The van der Waals surface area contributed by atoms with Crippen molar-refractivity contribution in [2.75, 3.05) is 0 Å². The van der Waals surface area contributed by atoms with Crippen LogP contribution in [0.15, 0.2) is 0 Å². The molecule has 2 fully saturated rings. The van der Waals surface area contributed by atoms with Gasteiger partial charge in [-0.05, 0) is 37.5 Å². The summed E-state index contributed by atoms with van der Waals surface area (Å²) in [5.41, 5.74) is 0. The van der Waals surface area contributed by atoms with Gasteiger partial charge in [0.15, 0.2) is 0 Å². The summed E-state index contributed by atoms with van der Waals surface area (Å²) in [6.07, 6.45) is 3.76. The van der Waals surface area contributed by atoms with Gasteiger partial charge in [-0.15, -0.1) is 0 Å². The van der Waals surface area contributed by atoms with Gasteiger partial charge in [0.05, 0.1) is 6.10 Å². The second-order valence-electron chi connectivity index (χ2n) is 4.02. The summed E-state index contributed by atoms with van der Waals surface area (Å²) in [5.74, 6) is 0.356. The first-order valence-electron chi connectivity index (χ1n) is 4.59. The van der Waals surface area contributed by atoms with Crippen LogP contribution in [0.25, 0.3) is 0 Å². The first-order chi connectivity index (χ1) is 5.27. The normalized spacial score (nSPS) is 50.7. The van der Waals surface area contributed by atoms with Gasteiger partial charge >= 0.3 is 0 Å². The minimum absolute atomic E-state index is 0.178. The maximum absolute atomic E-state index is 13.4. The van der Waals surface area contributed by atoms with E-state index in [2.05, 4.69) is 0 Å². The van der Waals surface area contributed by atoms with Gasteiger partial charge in [0, 0.05) is 0 Å². The summed E-state index contributed by atoms with van der Waals surface area (Å²) in [6.45, 7) is 0. The Morgan fingerprint density at radius 3 is 2.18 bits per heavy atom. The molecule has 0 amide bonds. The molecule has 1 nitrogen and oxygen atoms in total. The standard InChI is InChI=1S/C9H15FO/c10-9-6-2-1-3-7(9)5-8(11)4-6/h6-9,11H,1-5H2. The van der Waals surface area contributed by atoms with E-state index < -0.39 is 6.17 Å². The SMILES string of the molecule is OC1CC2CCCC(C1)C2F. The van der Waals surface area contributed by atoms with Crippen LogP contribution in [0.5, 0.6) is 0 Å². The Hall–Kier alpha value is -0.110. The van der Waals surface area contributed by atoms with Gasteiger partial charge in [-0.2, -0.15) is 0 Å². The maximum atomic E-state index is 13.4. The monoisotopic (exact) mass is 158 g/mol. The first kappa shape index (κ1) is 7.53. The average molecular weight is 158 g/mol. The zero-order chi connectivity index (χ0) is 7.84. The van der Waals surface area contributed by atoms with Gasteiger partial charge in [-0.25, -0.2) is 4.39 Å². The molecule has 2 aliphatic rings.